The molecule has 0 radical (unpaired) electrons. The number of nitrogens with zero attached hydrogens (tertiary/aromatic N) is 1. The van der Waals surface area contributed by atoms with Crippen LogP contribution >= 0.6 is 0 Å². The molecule has 0 fully saturated rings. The van der Waals surface area contributed by atoms with E-state index in [-0.39, 0.29) is 18.5 Å². The van der Waals surface area contributed by atoms with Gasteiger partial charge in [-0.05, 0) is 31.0 Å². The zero-order valence-corrected chi connectivity index (χ0v) is 11.5. The van der Waals surface area contributed by atoms with Gasteiger partial charge in [0.15, 0.2) is 0 Å². The molecule has 0 heterocycles. The van der Waals surface area contributed by atoms with Gasteiger partial charge in [0, 0.05) is 5.69 Å². The molecule has 0 saturated heterocycles. The number of nitriles is 1. The number of hydrogen-bond donors (Lipinski definition) is 1. The van der Waals surface area contributed by atoms with Gasteiger partial charge in [0.1, 0.15) is 11.2 Å². The third-order valence-electron chi connectivity index (χ3n) is 3.39. The van der Waals surface area contributed by atoms with Crippen molar-refractivity contribution in [2.75, 3.05) is 5.32 Å². The van der Waals surface area contributed by atoms with E-state index in [1.807, 2.05) is 6.07 Å². The van der Waals surface area contributed by atoms with E-state index in [2.05, 4.69) is 5.32 Å². The summed E-state index contributed by atoms with van der Waals surface area (Å²) in [4.78, 5) is 12.1. The standard InChI is InChI=1S/C14H14F4N2O/c1-3-13(4-2,8-19)12(21)20-9-5-6-11(15)10(7-9)14(16,17)18/h5-7H,3-4H2,1-2H3,(H,20,21). The summed E-state index contributed by atoms with van der Waals surface area (Å²) in [6, 6.07) is 4.05. The van der Waals surface area contributed by atoms with Crippen molar-refractivity contribution >= 4 is 11.6 Å². The van der Waals surface area contributed by atoms with Gasteiger partial charge in [0.05, 0.1) is 11.6 Å². The molecule has 1 N–H and O–H groups in total. The smallest absolute Gasteiger partial charge is 0.325 e. The van der Waals surface area contributed by atoms with E-state index in [0.717, 1.165) is 6.07 Å². The fourth-order valence-electron chi connectivity index (χ4n) is 1.85. The molecule has 3 nitrogen and oxygen atoms in total. The fourth-order valence-corrected chi connectivity index (χ4v) is 1.85. The van der Waals surface area contributed by atoms with E-state index in [9.17, 15) is 22.4 Å². The summed E-state index contributed by atoms with van der Waals surface area (Å²) in [5.41, 5.74) is -2.97. The van der Waals surface area contributed by atoms with Crippen LogP contribution in [-0.4, -0.2) is 5.91 Å². The Labute approximate surface area is 119 Å². The number of hydrogen-bond acceptors (Lipinski definition) is 2. The van der Waals surface area contributed by atoms with Crippen LogP contribution in [0.2, 0.25) is 0 Å². The molecule has 0 aliphatic heterocycles. The van der Waals surface area contributed by atoms with E-state index in [1.165, 1.54) is 0 Å². The Hall–Kier alpha value is -2.10. The highest BCUT2D eigenvalue weighted by Gasteiger charge is 2.37. The van der Waals surface area contributed by atoms with Gasteiger partial charge in [0.25, 0.3) is 0 Å². The summed E-state index contributed by atoms with van der Waals surface area (Å²) in [7, 11) is 0. The molecule has 0 bridgehead atoms. The van der Waals surface area contributed by atoms with Crippen molar-refractivity contribution in [3.8, 4) is 6.07 Å². The SMILES string of the molecule is CCC(C#N)(CC)C(=O)Nc1ccc(F)c(C(F)(F)F)c1. The van der Waals surface area contributed by atoms with E-state index in [0.29, 0.717) is 12.1 Å². The molecule has 0 spiro atoms. The number of nitrogens with one attached hydrogen (secondary N) is 1. The van der Waals surface area contributed by atoms with Gasteiger partial charge in [-0.25, -0.2) is 4.39 Å². The highest BCUT2D eigenvalue weighted by molar-refractivity contribution is 5.97. The van der Waals surface area contributed by atoms with Crippen LogP contribution in [0.4, 0.5) is 23.2 Å². The first-order valence-electron chi connectivity index (χ1n) is 6.29. The quantitative estimate of drug-likeness (QED) is 0.851. The minimum Gasteiger partial charge on any atom is -0.325 e. The zero-order valence-electron chi connectivity index (χ0n) is 11.5. The number of rotatable bonds is 4. The molecule has 1 aromatic rings. The summed E-state index contributed by atoms with van der Waals surface area (Å²) < 4.78 is 50.9. The highest BCUT2D eigenvalue weighted by atomic mass is 19.4. The minimum atomic E-state index is -4.85. The van der Waals surface area contributed by atoms with Crippen LogP contribution in [-0.2, 0) is 11.0 Å². The zero-order chi connectivity index (χ0) is 16.3. The molecular weight excluding hydrogens is 288 g/mol. The number of amides is 1. The molecule has 0 saturated carbocycles. The van der Waals surface area contributed by atoms with Gasteiger partial charge >= 0.3 is 6.18 Å². The third-order valence-corrected chi connectivity index (χ3v) is 3.39. The summed E-state index contributed by atoms with van der Waals surface area (Å²) in [5, 5.41) is 11.3. The number of halogens is 4. The van der Waals surface area contributed by atoms with Crippen LogP contribution in [0.3, 0.4) is 0 Å². The van der Waals surface area contributed by atoms with Crippen molar-refractivity contribution in [1.82, 2.24) is 0 Å². The molecule has 114 valence electrons. The van der Waals surface area contributed by atoms with Crippen LogP contribution < -0.4 is 5.32 Å². The minimum absolute atomic E-state index is 0.199. The summed E-state index contributed by atoms with van der Waals surface area (Å²) in [6.45, 7) is 3.27. The first-order chi connectivity index (χ1) is 9.70. The molecule has 1 rings (SSSR count). The molecule has 0 atom stereocenters. The van der Waals surface area contributed by atoms with Crippen LogP contribution in [0, 0.1) is 22.6 Å². The van der Waals surface area contributed by atoms with Crippen molar-refractivity contribution in [3.05, 3.63) is 29.6 Å². The van der Waals surface area contributed by atoms with E-state index < -0.39 is 28.9 Å². The average molecular weight is 302 g/mol. The summed E-state index contributed by atoms with van der Waals surface area (Å²) in [6.07, 6.45) is -4.41. The first kappa shape index (κ1) is 17.0. The maximum absolute atomic E-state index is 13.2. The molecular formula is C14H14F4N2O. The van der Waals surface area contributed by atoms with Gasteiger partial charge in [-0.2, -0.15) is 18.4 Å². The van der Waals surface area contributed by atoms with Gasteiger partial charge in [0.2, 0.25) is 5.91 Å². The van der Waals surface area contributed by atoms with Crippen LogP contribution in [0.15, 0.2) is 18.2 Å². The molecule has 7 heteroatoms. The summed E-state index contributed by atoms with van der Waals surface area (Å²) in [5.74, 6) is -2.12. The van der Waals surface area contributed by atoms with Crippen molar-refractivity contribution in [2.24, 2.45) is 5.41 Å². The van der Waals surface area contributed by atoms with E-state index in [1.54, 1.807) is 13.8 Å². The maximum atomic E-state index is 13.2. The molecule has 0 unspecified atom stereocenters. The number of carbonyl (C=O) groups is 1. The average Bonchev–Trinajstić information content (AvgIpc) is 2.42. The molecule has 1 aromatic carbocycles. The maximum Gasteiger partial charge on any atom is 0.419 e. The Bertz CT molecular complexity index is 571. The lowest BCUT2D eigenvalue weighted by Crippen LogP contribution is -2.34. The van der Waals surface area contributed by atoms with Crippen molar-refractivity contribution in [2.45, 2.75) is 32.9 Å². The number of anilines is 1. The Kier molecular flexibility index (Phi) is 4.94. The monoisotopic (exact) mass is 302 g/mol. The van der Waals surface area contributed by atoms with Gasteiger partial charge < -0.3 is 5.32 Å². The number of alkyl halides is 3. The fraction of sp³-hybridized carbons (Fsp3) is 0.429. The Morgan fingerprint density at radius 2 is 1.86 bits per heavy atom. The Morgan fingerprint density at radius 3 is 2.29 bits per heavy atom. The second-order valence-corrected chi connectivity index (χ2v) is 4.55. The van der Waals surface area contributed by atoms with E-state index >= 15 is 0 Å². The second-order valence-electron chi connectivity index (χ2n) is 4.55. The lowest BCUT2D eigenvalue weighted by molar-refractivity contribution is -0.140. The van der Waals surface area contributed by atoms with Crippen LogP contribution in [0.1, 0.15) is 32.3 Å². The Balaban J connectivity index is 3.10. The molecule has 0 aliphatic carbocycles. The third kappa shape index (κ3) is 3.51. The predicted octanol–water partition coefficient (Wildman–Crippen LogP) is 4.11. The van der Waals surface area contributed by atoms with Gasteiger partial charge in [-0.15, -0.1) is 0 Å². The normalized spacial score (nSPS) is 11.9. The number of carbonyl (C=O) groups excluding carboxylic acids is 1. The van der Waals surface area contributed by atoms with Crippen molar-refractivity contribution < 1.29 is 22.4 Å². The van der Waals surface area contributed by atoms with E-state index in [4.69, 9.17) is 5.26 Å². The van der Waals surface area contributed by atoms with Crippen molar-refractivity contribution in [3.63, 3.8) is 0 Å². The lowest BCUT2D eigenvalue weighted by Gasteiger charge is -2.22. The predicted molar refractivity (Wildman–Crippen MR) is 68.7 cm³/mol. The lowest BCUT2D eigenvalue weighted by atomic mass is 9.83. The number of benzene rings is 1. The van der Waals surface area contributed by atoms with Crippen LogP contribution in [0.5, 0.6) is 0 Å². The largest absolute Gasteiger partial charge is 0.419 e. The van der Waals surface area contributed by atoms with Crippen molar-refractivity contribution in [1.29, 1.82) is 5.26 Å². The molecule has 0 aromatic heterocycles. The topological polar surface area (TPSA) is 52.9 Å². The van der Waals surface area contributed by atoms with Crippen LogP contribution in [0.25, 0.3) is 0 Å². The van der Waals surface area contributed by atoms with Gasteiger partial charge in [-0.3, -0.25) is 4.79 Å². The highest BCUT2D eigenvalue weighted by Crippen LogP contribution is 2.34. The molecule has 21 heavy (non-hydrogen) atoms. The Morgan fingerprint density at radius 1 is 1.29 bits per heavy atom. The molecule has 0 aliphatic rings. The first-order valence-corrected chi connectivity index (χ1v) is 6.29. The summed E-state index contributed by atoms with van der Waals surface area (Å²) >= 11 is 0. The van der Waals surface area contributed by atoms with Gasteiger partial charge in [-0.1, -0.05) is 13.8 Å². The molecule has 1 amide bonds. The second kappa shape index (κ2) is 6.12.